The number of ether oxygens (including phenoxy) is 1. The van der Waals surface area contributed by atoms with Gasteiger partial charge in [-0.1, -0.05) is 72.4 Å². The van der Waals surface area contributed by atoms with Crippen molar-refractivity contribution < 1.29 is 4.74 Å². The van der Waals surface area contributed by atoms with Crippen molar-refractivity contribution in [2.45, 2.75) is 10.4 Å². The predicted octanol–water partition coefficient (Wildman–Crippen LogP) is 5.20. The Labute approximate surface area is 184 Å². The van der Waals surface area contributed by atoms with Gasteiger partial charge < -0.3 is 9.72 Å². The van der Waals surface area contributed by atoms with Crippen molar-refractivity contribution >= 4 is 11.8 Å². The molecule has 0 fully saturated rings. The van der Waals surface area contributed by atoms with Gasteiger partial charge in [-0.3, -0.25) is 4.79 Å². The van der Waals surface area contributed by atoms with Crippen LogP contribution >= 0.6 is 11.8 Å². The molecule has 0 saturated heterocycles. The molecule has 4 rings (SSSR count). The molecule has 0 amide bonds. The maximum absolute atomic E-state index is 12.7. The highest BCUT2D eigenvalue weighted by molar-refractivity contribution is 7.99. The number of hydrogen-bond acceptors (Lipinski definition) is 5. The van der Waals surface area contributed by atoms with Crippen LogP contribution in [0.1, 0.15) is 21.9 Å². The van der Waals surface area contributed by atoms with Crippen molar-refractivity contribution in [2.24, 2.45) is 0 Å². The summed E-state index contributed by atoms with van der Waals surface area (Å²) in [6, 6.07) is 29.2. The molecule has 0 aliphatic rings. The summed E-state index contributed by atoms with van der Waals surface area (Å²) in [6.45, 7) is 0. The average molecular weight is 426 g/mol. The normalized spacial score (nSPS) is 10.6. The summed E-state index contributed by atoms with van der Waals surface area (Å²) in [5, 5.41) is 9.93. The standard InChI is InChI=1S/C25H19N3O2S/c1-30-20-14-12-17(13-15-20)22-21(16-26)24(29)28-25(27-22)31-23(18-8-4-2-5-9-18)19-10-6-3-7-11-19/h2-15,23H,1H3,(H,27,28,29). The van der Waals surface area contributed by atoms with E-state index in [1.54, 1.807) is 31.4 Å². The number of rotatable bonds is 6. The number of nitriles is 1. The Hall–Kier alpha value is -3.82. The van der Waals surface area contributed by atoms with Crippen molar-refractivity contribution in [2.75, 3.05) is 7.11 Å². The lowest BCUT2D eigenvalue weighted by atomic mass is 10.0. The molecule has 1 N–H and O–H groups in total. The van der Waals surface area contributed by atoms with E-state index in [1.807, 2.05) is 42.5 Å². The van der Waals surface area contributed by atoms with Crippen LogP contribution in [0.15, 0.2) is 94.9 Å². The smallest absolute Gasteiger partial charge is 0.270 e. The van der Waals surface area contributed by atoms with Crippen molar-refractivity contribution in [1.82, 2.24) is 9.97 Å². The number of nitrogens with zero attached hydrogens (tertiary/aromatic N) is 2. The number of nitrogens with one attached hydrogen (secondary N) is 1. The minimum absolute atomic E-state index is 0.00881. The van der Waals surface area contributed by atoms with Gasteiger partial charge in [0.25, 0.3) is 5.56 Å². The molecular formula is C25H19N3O2S. The van der Waals surface area contributed by atoms with Gasteiger partial charge in [-0.05, 0) is 35.4 Å². The Kier molecular flexibility index (Phi) is 6.16. The van der Waals surface area contributed by atoms with Gasteiger partial charge in [-0.15, -0.1) is 0 Å². The summed E-state index contributed by atoms with van der Waals surface area (Å²) < 4.78 is 5.20. The van der Waals surface area contributed by atoms with Gasteiger partial charge in [0.15, 0.2) is 5.16 Å². The zero-order valence-corrected chi connectivity index (χ0v) is 17.6. The van der Waals surface area contributed by atoms with Crippen molar-refractivity contribution in [3.05, 3.63) is 112 Å². The van der Waals surface area contributed by atoms with E-state index in [9.17, 15) is 10.1 Å². The van der Waals surface area contributed by atoms with E-state index >= 15 is 0 Å². The summed E-state index contributed by atoms with van der Waals surface area (Å²) >= 11 is 1.44. The Balaban J connectivity index is 1.79. The highest BCUT2D eigenvalue weighted by Gasteiger charge is 2.20. The van der Waals surface area contributed by atoms with Crippen LogP contribution in [0.4, 0.5) is 0 Å². The van der Waals surface area contributed by atoms with Crippen LogP contribution in [0.3, 0.4) is 0 Å². The number of thioether (sulfide) groups is 1. The van der Waals surface area contributed by atoms with Gasteiger partial charge >= 0.3 is 0 Å². The highest BCUT2D eigenvalue weighted by atomic mass is 32.2. The lowest BCUT2D eigenvalue weighted by Gasteiger charge is -2.17. The first kappa shape index (κ1) is 20.5. The molecule has 0 unspecified atom stereocenters. The lowest BCUT2D eigenvalue weighted by molar-refractivity contribution is 0.415. The van der Waals surface area contributed by atoms with Gasteiger partial charge in [0.05, 0.1) is 18.1 Å². The molecule has 1 heterocycles. The molecule has 0 bridgehead atoms. The number of H-pyrrole nitrogens is 1. The second-order valence-electron chi connectivity index (χ2n) is 6.75. The average Bonchev–Trinajstić information content (AvgIpc) is 2.83. The second-order valence-corrected chi connectivity index (χ2v) is 7.85. The zero-order chi connectivity index (χ0) is 21.6. The van der Waals surface area contributed by atoms with E-state index in [2.05, 4.69) is 34.2 Å². The largest absolute Gasteiger partial charge is 0.497 e. The summed E-state index contributed by atoms with van der Waals surface area (Å²) in [5.41, 5.74) is 2.77. The van der Waals surface area contributed by atoms with Crippen LogP contribution in [0.25, 0.3) is 11.3 Å². The molecule has 0 aliphatic heterocycles. The summed E-state index contributed by atoms with van der Waals surface area (Å²) in [4.78, 5) is 20.1. The summed E-state index contributed by atoms with van der Waals surface area (Å²) in [5.74, 6) is 0.690. The molecule has 0 spiro atoms. The topological polar surface area (TPSA) is 78.8 Å². The molecule has 6 heteroatoms. The summed E-state index contributed by atoms with van der Waals surface area (Å²) in [6.07, 6.45) is 0. The van der Waals surface area contributed by atoms with Crippen LogP contribution in [0.5, 0.6) is 5.75 Å². The fraction of sp³-hybridized carbons (Fsp3) is 0.0800. The molecule has 4 aromatic rings. The first-order chi connectivity index (χ1) is 15.2. The molecule has 1 aromatic heterocycles. The van der Waals surface area contributed by atoms with Crippen molar-refractivity contribution in [1.29, 1.82) is 5.26 Å². The minimum Gasteiger partial charge on any atom is -0.497 e. The highest BCUT2D eigenvalue weighted by Crippen LogP contribution is 2.39. The Morgan fingerprint density at radius 1 is 0.935 bits per heavy atom. The van der Waals surface area contributed by atoms with Gasteiger partial charge in [-0.2, -0.15) is 5.26 Å². The number of benzene rings is 3. The van der Waals surface area contributed by atoms with E-state index in [4.69, 9.17) is 4.74 Å². The molecule has 0 atom stereocenters. The summed E-state index contributed by atoms with van der Waals surface area (Å²) in [7, 11) is 1.59. The Bertz CT molecular complexity index is 1220. The predicted molar refractivity (Wildman–Crippen MR) is 122 cm³/mol. The molecule has 31 heavy (non-hydrogen) atoms. The van der Waals surface area contributed by atoms with E-state index in [-0.39, 0.29) is 10.8 Å². The third kappa shape index (κ3) is 4.52. The lowest BCUT2D eigenvalue weighted by Crippen LogP contribution is -2.15. The quantitative estimate of drug-likeness (QED) is 0.339. The van der Waals surface area contributed by atoms with Crippen molar-refractivity contribution in [3.63, 3.8) is 0 Å². The SMILES string of the molecule is COc1ccc(-c2nc(SC(c3ccccc3)c3ccccc3)[nH]c(=O)c2C#N)cc1. The first-order valence-corrected chi connectivity index (χ1v) is 10.5. The van der Waals surface area contributed by atoms with Gasteiger partial charge in [0.1, 0.15) is 17.4 Å². The van der Waals surface area contributed by atoms with Gasteiger partial charge in [-0.25, -0.2) is 4.98 Å². The van der Waals surface area contributed by atoms with Crippen LogP contribution < -0.4 is 10.3 Å². The third-order valence-corrected chi connectivity index (χ3v) is 6.00. The van der Waals surface area contributed by atoms with E-state index in [0.717, 1.165) is 11.1 Å². The second kappa shape index (κ2) is 9.33. The maximum atomic E-state index is 12.7. The monoisotopic (exact) mass is 425 g/mol. The number of aromatic nitrogens is 2. The third-order valence-electron chi connectivity index (χ3n) is 4.81. The number of aromatic amines is 1. The molecule has 0 radical (unpaired) electrons. The minimum atomic E-state index is -0.453. The molecule has 0 aliphatic carbocycles. The molecule has 3 aromatic carbocycles. The van der Waals surface area contributed by atoms with Crippen LogP contribution in [0.2, 0.25) is 0 Å². The molecule has 5 nitrogen and oxygen atoms in total. The first-order valence-electron chi connectivity index (χ1n) is 9.65. The molecular weight excluding hydrogens is 406 g/mol. The van der Waals surface area contributed by atoms with E-state index in [1.165, 1.54) is 11.8 Å². The van der Waals surface area contributed by atoms with E-state index in [0.29, 0.717) is 22.2 Å². The van der Waals surface area contributed by atoms with Crippen LogP contribution in [-0.2, 0) is 0 Å². The van der Waals surface area contributed by atoms with Gasteiger partial charge in [0.2, 0.25) is 0 Å². The van der Waals surface area contributed by atoms with Crippen LogP contribution in [0, 0.1) is 11.3 Å². The molecule has 0 saturated carbocycles. The fourth-order valence-corrected chi connectivity index (χ4v) is 4.37. The maximum Gasteiger partial charge on any atom is 0.270 e. The van der Waals surface area contributed by atoms with Crippen LogP contribution in [-0.4, -0.2) is 17.1 Å². The Morgan fingerprint density at radius 2 is 1.52 bits per heavy atom. The van der Waals surface area contributed by atoms with Crippen molar-refractivity contribution in [3.8, 4) is 23.1 Å². The zero-order valence-electron chi connectivity index (χ0n) is 16.8. The Morgan fingerprint density at radius 3 is 2.03 bits per heavy atom. The van der Waals surface area contributed by atoms with Gasteiger partial charge in [0, 0.05) is 5.56 Å². The number of hydrogen-bond donors (Lipinski definition) is 1. The fourth-order valence-electron chi connectivity index (χ4n) is 3.27. The van der Waals surface area contributed by atoms with E-state index < -0.39 is 5.56 Å². The molecule has 152 valence electrons. The number of methoxy groups -OCH3 is 1.